The van der Waals surface area contributed by atoms with E-state index < -0.39 is 0 Å². The van der Waals surface area contributed by atoms with E-state index in [4.69, 9.17) is 21.4 Å². The molecule has 1 fully saturated rings. The van der Waals surface area contributed by atoms with Gasteiger partial charge >= 0.3 is 0 Å². The van der Waals surface area contributed by atoms with Gasteiger partial charge < -0.3 is 14.1 Å². The number of nitrogens with zero attached hydrogens (tertiary/aromatic N) is 2. The molecule has 25 heavy (non-hydrogen) atoms. The SMILES string of the molecule is COc1ccc(-c2nn(C[NH+]3CCC[C@@H]3c3cccs3)c(=S)o2)cc1. The molecule has 1 aliphatic heterocycles. The molecular formula is C18H20N3O2S2+. The van der Waals surface area contributed by atoms with E-state index in [1.54, 1.807) is 7.11 Å². The molecule has 5 nitrogen and oxygen atoms in total. The fraction of sp³-hybridized carbons (Fsp3) is 0.333. The van der Waals surface area contributed by atoms with Crippen molar-refractivity contribution in [1.82, 2.24) is 9.78 Å². The van der Waals surface area contributed by atoms with Crippen molar-refractivity contribution < 1.29 is 14.1 Å². The van der Waals surface area contributed by atoms with Gasteiger partial charge in [-0.1, -0.05) is 6.07 Å². The minimum atomic E-state index is 0.426. The summed E-state index contributed by atoms with van der Waals surface area (Å²) in [4.78, 5) is 3.36. The topological polar surface area (TPSA) is 44.6 Å². The molecule has 3 heterocycles. The van der Waals surface area contributed by atoms with Crippen molar-refractivity contribution in [2.45, 2.75) is 25.6 Å². The van der Waals surface area contributed by atoms with Crippen LogP contribution in [0.4, 0.5) is 0 Å². The maximum atomic E-state index is 5.73. The van der Waals surface area contributed by atoms with Crippen molar-refractivity contribution in [2.75, 3.05) is 13.7 Å². The van der Waals surface area contributed by atoms with E-state index in [9.17, 15) is 0 Å². The van der Waals surface area contributed by atoms with Crippen LogP contribution in [0.5, 0.6) is 5.75 Å². The van der Waals surface area contributed by atoms with Gasteiger partial charge in [-0.25, -0.2) is 0 Å². The fourth-order valence-electron chi connectivity index (χ4n) is 3.38. The summed E-state index contributed by atoms with van der Waals surface area (Å²) < 4.78 is 12.7. The molecule has 1 saturated heterocycles. The summed E-state index contributed by atoms with van der Waals surface area (Å²) in [7, 11) is 1.65. The molecule has 1 N–H and O–H groups in total. The normalized spacial score (nSPS) is 20.0. The van der Waals surface area contributed by atoms with Crippen LogP contribution in [0, 0.1) is 4.84 Å². The predicted octanol–water partition coefficient (Wildman–Crippen LogP) is 3.32. The highest BCUT2D eigenvalue weighted by molar-refractivity contribution is 7.71. The predicted molar refractivity (Wildman–Crippen MR) is 99.4 cm³/mol. The van der Waals surface area contributed by atoms with Crippen LogP contribution < -0.4 is 9.64 Å². The zero-order valence-corrected chi connectivity index (χ0v) is 15.6. The van der Waals surface area contributed by atoms with Crippen molar-refractivity contribution in [3.05, 3.63) is 51.5 Å². The Morgan fingerprint density at radius 1 is 1.36 bits per heavy atom. The minimum Gasteiger partial charge on any atom is -0.497 e. The first-order valence-electron chi connectivity index (χ1n) is 8.35. The number of thiophene rings is 1. The largest absolute Gasteiger partial charge is 0.497 e. The van der Waals surface area contributed by atoms with E-state index in [0.29, 0.717) is 16.8 Å². The molecular weight excluding hydrogens is 354 g/mol. The molecule has 0 spiro atoms. The molecule has 130 valence electrons. The lowest BCUT2D eigenvalue weighted by molar-refractivity contribution is -0.941. The Morgan fingerprint density at radius 3 is 2.92 bits per heavy atom. The molecule has 0 aliphatic carbocycles. The third kappa shape index (κ3) is 3.40. The summed E-state index contributed by atoms with van der Waals surface area (Å²) in [5.41, 5.74) is 0.900. The Morgan fingerprint density at radius 2 is 2.20 bits per heavy atom. The highest BCUT2D eigenvalue weighted by Gasteiger charge is 2.31. The van der Waals surface area contributed by atoms with E-state index in [1.807, 2.05) is 40.3 Å². The summed E-state index contributed by atoms with van der Waals surface area (Å²) in [6.45, 7) is 1.87. The van der Waals surface area contributed by atoms with Gasteiger partial charge in [0.2, 0.25) is 5.89 Å². The van der Waals surface area contributed by atoms with Crippen LogP contribution in [0.3, 0.4) is 0 Å². The molecule has 1 aliphatic rings. The van der Waals surface area contributed by atoms with Gasteiger partial charge in [-0.2, -0.15) is 4.68 Å². The molecule has 3 aromatic rings. The second kappa shape index (κ2) is 7.11. The van der Waals surface area contributed by atoms with Crippen molar-refractivity contribution >= 4 is 23.6 Å². The quantitative estimate of drug-likeness (QED) is 0.696. The van der Waals surface area contributed by atoms with Gasteiger partial charge in [0, 0.05) is 18.4 Å². The monoisotopic (exact) mass is 374 g/mol. The Hall–Kier alpha value is -1.96. The van der Waals surface area contributed by atoms with Gasteiger partial charge in [-0.3, -0.25) is 0 Å². The van der Waals surface area contributed by atoms with Crippen LogP contribution in [-0.2, 0) is 6.67 Å². The smallest absolute Gasteiger partial charge is 0.292 e. The maximum Gasteiger partial charge on any atom is 0.292 e. The molecule has 7 heteroatoms. The van der Waals surface area contributed by atoms with Crippen LogP contribution in [0.2, 0.25) is 0 Å². The summed E-state index contributed by atoms with van der Waals surface area (Å²) in [5, 5.41) is 6.75. The number of rotatable bonds is 5. The molecule has 0 saturated carbocycles. The third-order valence-electron chi connectivity index (χ3n) is 4.67. The first kappa shape index (κ1) is 16.5. The van der Waals surface area contributed by atoms with Gasteiger partial charge in [0.25, 0.3) is 4.84 Å². The van der Waals surface area contributed by atoms with Crippen molar-refractivity contribution in [3.63, 3.8) is 0 Å². The molecule has 1 unspecified atom stereocenters. The molecule has 1 aromatic carbocycles. The van der Waals surface area contributed by atoms with Crippen molar-refractivity contribution in [3.8, 4) is 17.2 Å². The Kier molecular flexibility index (Phi) is 4.70. The van der Waals surface area contributed by atoms with Crippen LogP contribution in [0.1, 0.15) is 23.8 Å². The lowest BCUT2D eigenvalue weighted by atomic mass is 10.2. The molecule has 0 amide bonds. The lowest BCUT2D eigenvalue weighted by Gasteiger charge is -2.19. The fourth-order valence-corrected chi connectivity index (χ4v) is 4.49. The summed E-state index contributed by atoms with van der Waals surface area (Å²) >= 11 is 7.23. The highest BCUT2D eigenvalue weighted by atomic mass is 32.1. The average Bonchev–Trinajstić information content (AvgIpc) is 3.37. The van der Waals surface area contributed by atoms with Crippen molar-refractivity contribution in [2.24, 2.45) is 0 Å². The molecule has 4 rings (SSSR count). The number of methoxy groups -OCH3 is 1. The number of nitrogens with one attached hydrogen (secondary N) is 1. The van der Waals surface area contributed by atoms with Crippen LogP contribution in [0.15, 0.2) is 46.2 Å². The zero-order chi connectivity index (χ0) is 17.2. The van der Waals surface area contributed by atoms with Gasteiger partial charge in [0.05, 0.1) is 18.5 Å². The average molecular weight is 375 g/mol. The highest BCUT2D eigenvalue weighted by Crippen LogP contribution is 2.24. The van der Waals surface area contributed by atoms with Gasteiger partial charge in [-0.05, 0) is 47.9 Å². The zero-order valence-electron chi connectivity index (χ0n) is 14.0. The number of ether oxygens (including phenoxy) is 1. The lowest BCUT2D eigenvalue weighted by Crippen LogP contribution is -3.09. The van der Waals surface area contributed by atoms with E-state index in [-0.39, 0.29) is 0 Å². The van der Waals surface area contributed by atoms with Crippen LogP contribution in [0.25, 0.3) is 11.5 Å². The van der Waals surface area contributed by atoms with Gasteiger partial charge in [-0.15, -0.1) is 16.4 Å². The number of aromatic nitrogens is 2. The van der Waals surface area contributed by atoms with Gasteiger partial charge in [0.1, 0.15) is 11.8 Å². The van der Waals surface area contributed by atoms with E-state index in [1.165, 1.54) is 22.6 Å². The van der Waals surface area contributed by atoms with Crippen molar-refractivity contribution in [1.29, 1.82) is 0 Å². The molecule has 2 aromatic heterocycles. The Labute approximate surface area is 155 Å². The number of quaternary nitrogens is 1. The summed E-state index contributed by atoms with van der Waals surface area (Å²) in [6, 6.07) is 12.5. The van der Waals surface area contributed by atoms with Crippen LogP contribution >= 0.6 is 23.6 Å². The second-order valence-electron chi connectivity index (χ2n) is 6.18. The number of benzene rings is 1. The number of likely N-dealkylation sites (tertiary alicyclic amines) is 1. The number of hydrogen-bond acceptors (Lipinski definition) is 5. The van der Waals surface area contributed by atoms with E-state index in [0.717, 1.165) is 24.5 Å². The van der Waals surface area contributed by atoms with E-state index in [2.05, 4.69) is 22.6 Å². The number of hydrogen-bond donors (Lipinski definition) is 1. The molecule has 0 bridgehead atoms. The first-order chi connectivity index (χ1) is 12.2. The first-order valence-corrected chi connectivity index (χ1v) is 9.64. The second-order valence-corrected chi connectivity index (χ2v) is 7.51. The van der Waals surface area contributed by atoms with E-state index >= 15 is 0 Å². The summed E-state index contributed by atoms with van der Waals surface area (Å²) in [6.07, 6.45) is 2.45. The maximum absolute atomic E-state index is 5.73. The summed E-state index contributed by atoms with van der Waals surface area (Å²) in [5.74, 6) is 1.36. The molecule has 0 radical (unpaired) electrons. The standard InChI is InChI=1S/C18H19N3O2S2/c1-22-14-8-6-13(7-9-14)17-19-21(18(24)23-17)12-20-10-2-4-15(20)16-5-3-11-25-16/h3,5-9,11,15H,2,4,10,12H2,1H3/p+1/t15-/m1/s1. The minimum absolute atomic E-state index is 0.426. The Bertz CT molecular complexity index is 884. The van der Waals surface area contributed by atoms with Gasteiger partial charge in [0.15, 0.2) is 6.67 Å². The third-order valence-corrected chi connectivity index (χ3v) is 5.95. The molecule has 2 atom stereocenters. The van der Waals surface area contributed by atoms with Crippen LogP contribution in [-0.4, -0.2) is 23.4 Å². The Balaban J connectivity index is 1.55.